The Morgan fingerprint density at radius 2 is 1.79 bits per heavy atom. The van der Waals surface area contributed by atoms with Crippen molar-refractivity contribution in [1.82, 2.24) is 14.9 Å². The molecule has 4 aromatic rings. The zero-order valence-electron chi connectivity index (χ0n) is 22.3. The lowest BCUT2D eigenvalue weighted by atomic mass is 9.87. The Balaban J connectivity index is 1.09. The van der Waals surface area contributed by atoms with Crippen molar-refractivity contribution in [3.05, 3.63) is 89.7 Å². The first-order chi connectivity index (χ1) is 18.7. The van der Waals surface area contributed by atoms with Gasteiger partial charge in [0.1, 0.15) is 11.5 Å². The van der Waals surface area contributed by atoms with Crippen LogP contribution in [-0.2, 0) is 29.7 Å². The molecule has 0 saturated carbocycles. The number of piperidine rings is 1. The molecule has 2 atom stereocenters. The largest absolute Gasteiger partial charge is 0.496 e. The zero-order chi connectivity index (χ0) is 26.2. The quantitative estimate of drug-likeness (QED) is 0.261. The minimum absolute atomic E-state index is 0.106. The topological polar surface area (TPSA) is 66.8 Å². The van der Waals surface area contributed by atoms with Gasteiger partial charge in [0.25, 0.3) is 0 Å². The predicted molar refractivity (Wildman–Crippen MR) is 149 cm³/mol. The first-order valence-electron chi connectivity index (χ1n) is 13.4. The fourth-order valence-corrected chi connectivity index (χ4v) is 5.08. The summed E-state index contributed by atoms with van der Waals surface area (Å²) >= 11 is 0. The highest BCUT2D eigenvalue weighted by atomic mass is 16.5. The van der Waals surface area contributed by atoms with Crippen molar-refractivity contribution in [3.63, 3.8) is 0 Å². The summed E-state index contributed by atoms with van der Waals surface area (Å²) in [4.78, 5) is 4.57. The van der Waals surface area contributed by atoms with Crippen LogP contribution in [0.2, 0.25) is 0 Å². The molecule has 0 radical (unpaired) electrons. The zero-order valence-corrected chi connectivity index (χ0v) is 22.3. The molecule has 3 aromatic carbocycles. The highest BCUT2D eigenvalue weighted by Crippen LogP contribution is 2.30. The predicted octanol–water partition coefficient (Wildman–Crippen LogP) is 5.23. The molecule has 1 aliphatic heterocycles. The van der Waals surface area contributed by atoms with Crippen LogP contribution in [0.15, 0.2) is 73.1 Å². The molecule has 0 spiro atoms. The van der Waals surface area contributed by atoms with Crippen LogP contribution < -0.4 is 14.8 Å². The van der Waals surface area contributed by atoms with Gasteiger partial charge in [0, 0.05) is 37.1 Å². The summed E-state index contributed by atoms with van der Waals surface area (Å²) in [5.41, 5.74) is 5.62. The average Bonchev–Trinajstić information content (AvgIpc) is 3.35. The van der Waals surface area contributed by atoms with E-state index < -0.39 is 0 Å². The second-order valence-electron chi connectivity index (χ2n) is 9.72. The summed E-state index contributed by atoms with van der Waals surface area (Å²) in [5, 5.41) is 3.50. The third-order valence-corrected chi connectivity index (χ3v) is 7.18. The maximum absolute atomic E-state index is 6.47. The highest BCUT2D eigenvalue weighted by Gasteiger charge is 2.27. The number of aryl methyl sites for hydroxylation is 1. The Hall–Kier alpha value is -3.39. The van der Waals surface area contributed by atoms with E-state index in [1.807, 2.05) is 42.2 Å². The Kier molecular flexibility index (Phi) is 8.91. The monoisotopic (exact) mass is 515 g/mol. The number of fused-ring (bicyclic) bond motifs is 1. The van der Waals surface area contributed by atoms with Crippen molar-refractivity contribution in [2.75, 3.05) is 33.4 Å². The number of ether oxygens (including phenoxy) is 4. The Labute approximate surface area is 224 Å². The number of methoxy groups -OCH3 is 1. The number of hydrogen-bond acceptors (Lipinski definition) is 6. The summed E-state index contributed by atoms with van der Waals surface area (Å²) < 4.78 is 25.7. The summed E-state index contributed by atoms with van der Waals surface area (Å²) in [7, 11) is 3.70. The molecule has 38 heavy (non-hydrogen) atoms. The van der Waals surface area contributed by atoms with Crippen molar-refractivity contribution in [2.45, 2.75) is 38.1 Å². The van der Waals surface area contributed by atoms with Crippen LogP contribution in [0.4, 0.5) is 0 Å². The average molecular weight is 516 g/mol. The van der Waals surface area contributed by atoms with Crippen molar-refractivity contribution < 1.29 is 18.9 Å². The maximum Gasteiger partial charge on any atom is 0.124 e. The van der Waals surface area contributed by atoms with Crippen LogP contribution in [0.5, 0.6) is 11.5 Å². The molecular formula is C31H37N3O4. The molecule has 0 bridgehead atoms. The number of benzene rings is 3. The number of para-hydroxylation sites is 2. The molecule has 7 nitrogen and oxygen atoms in total. The molecule has 1 aromatic heterocycles. The first kappa shape index (κ1) is 26.2. The first-order valence-corrected chi connectivity index (χ1v) is 13.4. The molecule has 1 aliphatic rings. The van der Waals surface area contributed by atoms with Gasteiger partial charge in [-0.05, 0) is 42.8 Å². The van der Waals surface area contributed by atoms with Crippen molar-refractivity contribution in [2.24, 2.45) is 7.05 Å². The normalized spacial score (nSPS) is 17.5. The standard InChI is InChI=1S/C31H37N3O4/c1-34-22-33-31-25(8-5-9-28(31)34)21-38-30-19-32-16-15-27(30)23-11-13-26(14-12-23)37-18-6-17-36-20-24-7-3-4-10-29(24)35-2/h3-5,7-14,22,27,30,32H,6,15-21H2,1-2H3/t27-,30+/m1/s1. The summed E-state index contributed by atoms with van der Waals surface area (Å²) in [6.45, 7) is 4.18. The third kappa shape index (κ3) is 6.35. The van der Waals surface area contributed by atoms with Crippen LogP contribution in [0.25, 0.3) is 11.0 Å². The van der Waals surface area contributed by atoms with Gasteiger partial charge in [0.2, 0.25) is 0 Å². The smallest absolute Gasteiger partial charge is 0.124 e. The van der Waals surface area contributed by atoms with Gasteiger partial charge in [-0.15, -0.1) is 0 Å². The van der Waals surface area contributed by atoms with Gasteiger partial charge in [-0.1, -0.05) is 42.5 Å². The van der Waals surface area contributed by atoms with Gasteiger partial charge in [-0.3, -0.25) is 0 Å². The Morgan fingerprint density at radius 3 is 2.66 bits per heavy atom. The number of rotatable bonds is 12. The summed E-state index contributed by atoms with van der Waals surface area (Å²) in [5.74, 6) is 2.08. The van der Waals surface area contributed by atoms with Gasteiger partial charge < -0.3 is 28.8 Å². The van der Waals surface area contributed by atoms with Crippen molar-refractivity contribution in [3.8, 4) is 11.5 Å². The molecule has 0 amide bonds. The molecule has 0 unspecified atom stereocenters. The minimum atomic E-state index is 0.106. The molecule has 5 rings (SSSR count). The summed E-state index contributed by atoms with van der Waals surface area (Å²) in [6, 6.07) is 22.7. The lowest BCUT2D eigenvalue weighted by Crippen LogP contribution is -2.40. The van der Waals surface area contributed by atoms with Crippen LogP contribution in [-0.4, -0.2) is 49.1 Å². The molecule has 1 N–H and O–H groups in total. The third-order valence-electron chi connectivity index (χ3n) is 7.18. The Bertz CT molecular complexity index is 1300. The number of aromatic nitrogens is 2. The van der Waals surface area contributed by atoms with E-state index in [2.05, 4.69) is 52.8 Å². The van der Waals surface area contributed by atoms with E-state index in [0.29, 0.717) is 32.3 Å². The van der Waals surface area contributed by atoms with Crippen LogP contribution >= 0.6 is 0 Å². The second kappa shape index (κ2) is 12.9. The van der Waals surface area contributed by atoms with Gasteiger partial charge in [0.05, 0.1) is 57.0 Å². The molecule has 0 aliphatic carbocycles. The lowest BCUT2D eigenvalue weighted by Gasteiger charge is -2.32. The van der Waals surface area contributed by atoms with E-state index in [4.69, 9.17) is 18.9 Å². The Morgan fingerprint density at radius 1 is 0.947 bits per heavy atom. The van der Waals surface area contributed by atoms with Crippen molar-refractivity contribution in [1.29, 1.82) is 0 Å². The maximum atomic E-state index is 6.47. The number of nitrogens with one attached hydrogen (secondary N) is 1. The van der Waals surface area contributed by atoms with Gasteiger partial charge in [-0.25, -0.2) is 4.98 Å². The van der Waals surface area contributed by atoms with Gasteiger partial charge in [0.15, 0.2) is 0 Å². The molecule has 2 heterocycles. The van der Waals surface area contributed by atoms with E-state index >= 15 is 0 Å². The van der Waals surface area contributed by atoms with E-state index in [1.165, 1.54) is 5.56 Å². The number of hydrogen-bond donors (Lipinski definition) is 1. The molecule has 7 heteroatoms. The van der Waals surface area contributed by atoms with E-state index in [0.717, 1.165) is 59.6 Å². The van der Waals surface area contributed by atoms with Crippen LogP contribution in [0, 0.1) is 0 Å². The molecule has 1 fully saturated rings. The second-order valence-corrected chi connectivity index (χ2v) is 9.72. The van der Waals surface area contributed by atoms with E-state index in [1.54, 1.807) is 7.11 Å². The fraction of sp³-hybridized carbons (Fsp3) is 0.387. The fourth-order valence-electron chi connectivity index (χ4n) is 5.08. The van der Waals surface area contributed by atoms with Crippen LogP contribution in [0.3, 0.4) is 0 Å². The minimum Gasteiger partial charge on any atom is -0.496 e. The summed E-state index contributed by atoms with van der Waals surface area (Å²) in [6.07, 6.45) is 3.83. The highest BCUT2D eigenvalue weighted by molar-refractivity contribution is 5.78. The molecule has 1 saturated heterocycles. The van der Waals surface area contributed by atoms with Gasteiger partial charge in [-0.2, -0.15) is 0 Å². The lowest BCUT2D eigenvalue weighted by molar-refractivity contribution is 0.0111. The SMILES string of the molecule is COc1ccccc1COCCCOc1ccc([C@H]2CCNC[C@@H]2OCc2cccc3c2ncn3C)cc1. The number of nitrogens with zero attached hydrogens (tertiary/aromatic N) is 2. The number of imidazole rings is 1. The molecule has 200 valence electrons. The van der Waals surface area contributed by atoms with Crippen molar-refractivity contribution >= 4 is 11.0 Å². The molecular weight excluding hydrogens is 478 g/mol. The van der Waals surface area contributed by atoms with Gasteiger partial charge >= 0.3 is 0 Å². The van der Waals surface area contributed by atoms with Crippen LogP contribution in [0.1, 0.15) is 35.4 Å². The van der Waals surface area contributed by atoms with E-state index in [-0.39, 0.29) is 6.10 Å². The van der Waals surface area contributed by atoms with E-state index in [9.17, 15) is 0 Å².